The molecule has 0 aliphatic carbocycles. The molecule has 1 unspecified atom stereocenters. The number of ether oxygens (including phenoxy) is 1. The van der Waals surface area contributed by atoms with Gasteiger partial charge in [-0.25, -0.2) is 9.78 Å². The minimum Gasteiger partial charge on any atom is -0.478 e. The minimum atomic E-state index is -0.962. The second-order valence-corrected chi connectivity index (χ2v) is 5.26. The summed E-state index contributed by atoms with van der Waals surface area (Å²) < 4.78 is 5.45. The van der Waals surface area contributed by atoms with Crippen LogP contribution in [0.1, 0.15) is 42.4 Å². The Morgan fingerprint density at radius 2 is 2.10 bits per heavy atom. The minimum absolute atomic E-state index is 0.0294. The first-order valence-electron chi connectivity index (χ1n) is 6.92. The topological polar surface area (TPSA) is 71.5 Å². The molecule has 5 heteroatoms. The van der Waals surface area contributed by atoms with Gasteiger partial charge in [0.05, 0.1) is 12.6 Å². The molecule has 1 atom stereocenters. The molecule has 0 saturated heterocycles. The summed E-state index contributed by atoms with van der Waals surface area (Å²) in [6, 6.07) is 1.81. The third-order valence-corrected chi connectivity index (χ3v) is 3.19. The van der Waals surface area contributed by atoms with Crippen molar-refractivity contribution in [2.45, 2.75) is 40.7 Å². The summed E-state index contributed by atoms with van der Waals surface area (Å²) in [5.74, 6) is -0.226. The van der Waals surface area contributed by atoms with E-state index in [1.807, 2.05) is 13.8 Å². The standard InChI is InChI=1S/C15H24N2O3/c1-6-20-8-12(9(2)3)17-14-13(15(18)19)10(4)7-11(5)16-14/h7,9,12H,6,8H2,1-5H3,(H,16,17)(H,18,19). The van der Waals surface area contributed by atoms with Crippen molar-refractivity contribution in [2.75, 3.05) is 18.5 Å². The van der Waals surface area contributed by atoms with Crippen molar-refractivity contribution >= 4 is 11.8 Å². The van der Waals surface area contributed by atoms with Crippen molar-refractivity contribution in [3.8, 4) is 0 Å². The molecule has 1 heterocycles. The summed E-state index contributed by atoms with van der Waals surface area (Å²) in [5, 5.41) is 12.6. The third kappa shape index (κ3) is 4.20. The van der Waals surface area contributed by atoms with E-state index in [2.05, 4.69) is 24.1 Å². The number of nitrogens with one attached hydrogen (secondary N) is 1. The van der Waals surface area contributed by atoms with Crippen LogP contribution in [0.2, 0.25) is 0 Å². The van der Waals surface area contributed by atoms with Crippen LogP contribution in [-0.4, -0.2) is 35.3 Å². The Morgan fingerprint density at radius 1 is 1.45 bits per heavy atom. The molecule has 1 rings (SSSR count). The molecule has 0 amide bonds. The van der Waals surface area contributed by atoms with E-state index in [1.165, 1.54) is 0 Å². The first kappa shape index (κ1) is 16.4. The van der Waals surface area contributed by atoms with Gasteiger partial charge in [0.15, 0.2) is 0 Å². The average Bonchev–Trinajstić information content (AvgIpc) is 2.32. The molecule has 0 bridgehead atoms. The number of anilines is 1. The lowest BCUT2D eigenvalue weighted by molar-refractivity contribution is 0.0696. The lowest BCUT2D eigenvalue weighted by atomic mass is 10.0. The molecule has 0 fully saturated rings. The van der Waals surface area contributed by atoms with Crippen molar-refractivity contribution in [3.63, 3.8) is 0 Å². The van der Waals surface area contributed by atoms with E-state index in [1.54, 1.807) is 13.0 Å². The zero-order valence-electron chi connectivity index (χ0n) is 12.9. The van der Waals surface area contributed by atoms with Crippen molar-refractivity contribution in [1.82, 2.24) is 4.98 Å². The number of pyridine rings is 1. The maximum absolute atomic E-state index is 11.4. The van der Waals surface area contributed by atoms with Gasteiger partial charge in [-0.2, -0.15) is 0 Å². The number of carboxylic acid groups (broad SMARTS) is 1. The largest absolute Gasteiger partial charge is 0.478 e. The highest BCUT2D eigenvalue weighted by Gasteiger charge is 2.20. The fourth-order valence-electron chi connectivity index (χ4n) is 2.03. The molecule has 0 saturated carbocycles. The van der Waals surface area contributed by atoms with Crippen molar-refractivity contribution in [1.29, 1.82) is 0 Å². The first-order chi connectivity index (χ1) is 9.36. The molecule has 0 aliphatic heterocycles. The van der Waals surface area contributed by atoms with Gasteiger partial charge in [0.1, 0.15) is 11.4 Å². The third-order valence-electron chi connectivity index (χ3n) is 3.19. The molecule has 2 N–H and O–H groups in total. The van der Waals surface area contributed by atoms with Gasteiger partial charge in [0.2, 0.25) is 0 Å². The van der Waals surface area contributed by atoms with Crippen LogP contribution in [0.4, 0.5) is 5.82 Å². The lowest BCUT2D eigenvalue weighted by Gasteiger charge is -2.24. The van der Waals surface area contributed by atoms with Crippen LogP contribution >= 0.6 is 0 Å². The Balaban J connectivity index is 3.07. The lowest BCUT2D eigenvalue weighted by Crippen LogP contribution is -2.32. The van der Waals surface area contributed by atoms with Crippen LogP contribution < -0.4 is 5.32 Å². The number of hydrogen-bond acceptors (Lipinski definition) is 4. The second kappa shape index (κ2) is 7.24. The maximum Gasteiger partial charge on any atom is 0.339 e. The van der Waals surface area contributed by atoms with E-state index in [9.17, 15) is 9.90 Å². The Kier molecular flexibility index (Phi) is 5.95. The van der Waals surface area contributed by atoms with Gasteiger partial charge in [0.25, 0.3) is 0 Å². The molecule has 5 nitrogen and oxygen atoms in total. The first-order valence-corrected chi connectivity index (χ1v) is 6.92. The highest BCUT2D eigenvalue weighted by atomic mass is 16.5. The van der Waals surface area contributed by atoms with Gasteiger partial charge in [0, 0.05) is 12.3 Å². The maximum atomic E-state index is 11.4. The van der Waals surface area contributed by atoms with E-state index in [0.29, 0.717) is 30.5 Å². The fourth-order valence-corrected chi connectivity index (χ4v) is 2.03. The van der Waals surface area contributed by atoms with E-state index in [0.717, 1.165) is 5.69 Å². The van der Waals surface area contributed by atoms with Crippen molar-refractivity contribution < 1.29 is 14.6 Å². The van der Waals surface area contributed by atoms with Gasteiger partial charge in [-0.15, -0.1) is 0 Å². The zero-order chi connectivity index (χ0) is 15.3. The van der Waals surface area contributed by atoms with Gasteiger partial charge >= 0.3 is 5.97 Å². The summed E-state index contributed by atoms with van der Waals surface area (Å²) >= 11 is 0. The smallest absolute Gasteiger partial charge is 0.339 e. The summed E-state index contributed by atoms with van der Waals surface area (Å²) in [5.41, 5.74) is 1.75. The Labute approximate surface area is 120 Å². The summed E-state index contributed by atoms with van der Waals surface area (Å²) in [6.45, 7) is 10.9. The van der Waals surface area contributed by atoms with Gasteiger partial charge < -0.3 is 15.2 Å². The highest BCUT2D eigenvalue weighted by Crippen LogP contribution is 2.21. The summed E-state index contributed by atoms with van der Waals surface area (Å²) in [6.07, 6.45) is 0. The zero-order valence-corrected chi connectivity index (χ0v) is 12.9. The molecule has 0 radical (unpaired) electrons. The van der Waals surface area contributed by atoms with E-state index in [4.69, 9.17) is 4.74 Å². The average molecular weight is 280 g/mol. The number of carbonyl (C=O) groups is 1. The van der Waals surface area contributed by atoms with Crippen LogP contribution in [0.5, 0.6) is 0 Å². The van der Waals surface area contributed by atoms with Crippen LogP contribution in [0.15, 0.2) is 6.07 Å². The molecule has 112 valence electrons. The molecule has 1 aromatic rings. The monoisotopic (exact) mass is 280 g/mol. The molecule has 1 aromatic heterocycles. The molecule has 0 spiro atoms. The van der Waals surface area contributed by atoms with Crippen molar-refractivity contribution in [3.05, 3.63) is 22.9 Å². The van der Waals surface area contributed by atoms with Crippen LogP contribution in [0, 0.1) is 19.8 Å². The van der Waals surface area contributed by atoms with E-state index >= 15 is 0 Å². The molecule has 0 aromatic carbocycles. The highest BCUT2D eigenvalue weighted by molar-refractivity contribution is 5.94. The predicted octanol–water partition coefficient (Wildman–Crippen LogP) is 2.87. The number of aromatic carboxylic acids is 1. The Hall–Kier alpha value is -1.62. The number of aryl methyl sites for hydroxylation is 2. The van der Waals surface area contributed by atoms with Crippen LogP contribution in [-0.2, 0) is 4.74 Å². The Bertz CT molecular complexity index is 472. The predicted molar refractivity (Wildman–Crippen MR) is 79.4 cm³/mol. The van der Waals surface area contributed by atoms with Crippen LogP contribution in [0.3, 0.4) is 0 Å². The summed E-state index contributed by atoms with van der Waals surface area (Å²) in [7, 11) is 0. The fraction of sp³-hybridized carbons (Fsp3) is 0.600. The van der Waals surface area contributed by atoms with Gasteiger partial charge in [-0.05, 0) is 38.3 Å². The second-order valence-electron chi connectivity index (χ2n) is 5.26. The molecule has 20 heavy (non-hydrogen) atoms. The summed E-state index contributed by atoms with van der Waals surface area (Å²) in [4.78, 5) is 15.7. The molecular formula is C15H24N2O3. The van der Waals surface area contributed by atoms with Crippen LogP contribution in [0.25, 0.3) is 0 Å². The SMILES string of the molecule is CCOCC(Nc1nc(C)cc(C)c1C(=O)O)C(C)C. The number of rotatable bonds is 7. The normalized spacial score (nSPS) is 12.5. The number of nitrogens with zero attached hydrogens (tertiary/aromatic N) is 1. The van der Waals surface area contributed by atoms with Gasteiger partial charge in [-0.3, -0.25) is 0 Å². The van der Waals surface area contributed by atoms with Crippen molar-refractivity contribution in [2.24, 2.45) is 5.92 Å². The number of aromatic nitrogens is 1. The number of carboxylic acids is 1. The van der Waals surface area contributed by atoms with E-state index in [-0.39, 0.29) is 11.6 Å². The number of hydrogen-bond donors (Lipinski definition) is 2. The Morgan fingerprint density at radius 3 is 2.60 bits per heavy atom. The molecular weight excluding hydrogens is 256 g/mol. The van der Waals surface area contributed by atoms with E-state index < -0.39 is 5.97 Å². The van der Waals surface area contributed by atoms with Gasteiger partial charge in [-0.1, -0.05) is 13.8 Å². The molecule has 0 aliphatic rings. The quantitative estimate of drug-likeness (QED) is 0.803.